The largest absolute Gasteiger partial charge is 0.344 e. The number of benzene rings is 1. The van der Waals surface area contributed by atoms with Crippen LogP contribution in [0.5, 0.6) is 0 Å². The fraction of sp³-hybridized carbons (Fsp3) is 0.522. The highest BCUT2D eigenvalue weighted by Crippen LogP contribution is 2.21. The Hall–Kier alpha value is -1.96. The van der Waals surface area contributed by atoms with Gasteiger partial charge >= 0.3 is 0 Å². The molecule has 1 aromatic carbocycles. The number of hydrogen-bond acceptors (Lipinski definition) is 5. The van der Waals surface area contributed by atoms with Gasteiger partial charge in [0.2, 0.25) is 0 Å². The normalized spacial score (nSPS) is 22.4. The number of hydrogen-bond donors (Lipinski definition) is 0. The maximum absolute atomic E-state index is 13.0. The Balaban J connectivity index is 1.35. The molecule has 1 aromatic heterocycles. The smallest absolute Gasteiger partial charge is 0.178 e. The predicted octanol–water partition coefficient (Wildman–Crippen LogP) is 2.14. The van der Waals surface area contributed by atoms with Crippen LogP contribution in [0.1, 0.15) is 33.7 Å². The Kier molecular flexibility index (Phi) is 6.14. The van der Waals surface area contributed by atoms with Gasteiger partial charge in [-0.05, 0) is 31.9 Å². The zero-order valence-corrected chi connectivity index (χ0v) is 18.7. The topological polar surface area (TPSA) is 62.6 Å². The molecule has 2 saturated heterocycles. The molecule has 4 rings (SSSR count). The first-order valence-corrected chi connectivity index (χ1v) is 12.6. The third kappa shape index (κ3) is 4.68. The summed E-state index contributed by atoms with van der Waals surface area (Å²) in [6.07, 6.45) is 0.745. The Labute approximate surface area is 179 Å². The molecular weight excluding hydrogens is 398 g/mol. The van der Waals surface area contributed by atoms with Crippen molar-refractivity contribution in [2.75, 3.05) is 44.2 Å². The maximum atomic E-state index is 13.0. The van der Waals surface area contributed by atoms with Crippen molar-refractivity contribution >= 4 is 15.6 Å². The highest BCUT2D eigenvalue weighted by Gasteiger charge is 2.34. The monoisotopic (exact) mass is 429 g/mol. The minimum Gasteiger partial charge on any atom is -0.344 e. The average molecular weight is 430 g/mol. The van der Waals surface area contributed by atoms with Crippen molar-refractivity contribution < 1.29 is 13.2 Å². The van der Waals surface area contributed by atoms with Gasteiger partial charge in [0.25, 0.3) is 0 Å². The van der Waals surface area contributed by atoms with Gasteiger partial charge in [-0.1, -0.05) is 30.3 Å². The number of Topliss-reactive ketones (excluding diaryl/α,β-unsaturated/α-hetero) is 1. The van der Waals surface area contributed by atoms with Crippen molar-refractivity contribution in [3.63, 3.8) is 0 Å². The average Bonchev–Trinajstić information content (AvgIpc) is 3.23. The Bertz CT molecular complexity index is 1010. The van der Waals surface area contributed by atoms with E-state index in [2.05, 4.69) is 33.4 Å². The van der Waals surface area contributed by atoms with Crippen LogP contribution in [0.2, 0.25) is 0 Å². The molecule has 30 heavy (non-hydrogen) atoms. The van der Waals surface area contributed by atoms with Gasteiger partial charge in [-0.2, -0.15) is 0 Å². The van der Waals surface area contributed by atoms with E-state index in [1.54, 1.807) is 0 Å². The Morgan fingerprint density at radius 2 is 1.77 bits per heavy atom. The number of ketones is 1. The van der Waals surface area contributed by atoms with Gasteiger partial charge in [0.1, 0.15) is 0 Å². The van der Waals surface area contributed by atoms with Gasteiger partial charge < -0.3 is 4.57 Å². The summed E-state index contributed by atoms with van der Waals surface area (Å²) < 4.78 is 25.7. The number of carbonyl (C=O) groups is 1. The Morgan fingerprint density at radius 3 is 2.40 bits per heavy atom. The summed E-state index contributed by atoms with van der Waals surface area (Å²) in [5, 5.41) is 0. The lowest BCUT2D eigenvalue weighted by Gasteiger charge is -2.37. The first-order chi connectivity index (χ1) is 14.3. The van der Waals surface area contributed by atoms with E-state index in [9.17, 15) is 13.2 Å². The molecule has 2 fully saturated rings. The summed E-state index contributed by atoms with van der Waals surface area (Å²) in [6.45, 7) is 8.57. The van der Waals surface area contributed by atoms with E-state index in [0.29, 0.717) is 18.1 Å². The van der Waals surface area contributed by atoms with Crippen LogP contribution < -0.4 is 0 Å². The first-order valence-electron chi connectivity index (χ1n) is 10.7. The zero-order valence-electron chi connectivity index (χ0n) is 17.9. The molecule has 0 unspecified atom stereocenters. The lowest BCUT2D eigenvalue weighted by molar-refractivity contribution is 0.0795. The lowest BCUT2D eigenvalue weighted by Crippen LogP contribution is -2.51. The molecule has 1 atom stereocenters. The van der Waals surface area contributed by atoms with Crippen molar-refractivity contribution in [3.8, 4) is 0 Å². The quantitative estimate of drug-likeness (QED) is 0.659. The second-order valence-electron chi connectivity index (χ2n) is 8.65. The minimum absolute atomic E-state index is 0.157. The van der Waals surface area contributed by atoms with Crippen LogP contribution >= 0.6 is 0 Å². The molecule has 2 aliphatic rings. The summed E-state index contributed by atoms with van der Waals surface area (Å²) in [7, 11) is -2.85. The van der Waals surface area contributed by atoms with E-state index in [0.717, 1.165) is 56.1 Å². The van der Waals surface area contributed by atoms with E-state index in [-0.39, 0.29) is 11.8 Å². The minimum atomic E-state index is -2.85. The van der Waals surface area contributed by atoms with Crippen molar-refractivity contribution in [1.29, 1.82) is 0 Å². The number of piperazine rings is 1. The number of aromatic nitrogens is 1. The zero-order chi connectivity index (χ0) is 21.3. The van der Waals surface area contributed by atoms with Crippen molar-refractivity contribution in [2.45, 2.75) is 32.9 Å². The highest BCUT2D eigenvalue weighted by atomic mass is 32.2. The maximum Gasteiger partial charge on any atom is 0.178 e. The molecule has 162 valence electrons. The standard InChI is InChI=1S/C23H31N3O3S/c1-18-14-22(19(2)26(18)15-20-6-4-3-5-7-20)23(27)16-24-9-11-25(12-10-24)21-8-13-30(28,29)17-21/h3-7,14,21H,8-13,15-17H2,1-2H3/t21-/m1/s1. The Morgan fingerprint density at radius 1 is 1.07 bits per heavy atom. The van der Waals surface area contributed by atoms with Gasteiger partial charge in [0, 0.05) is 55.7 Å². The predicted molar refractivity (Wildman–Crippen MR) is 119 cm³/mol. The number of carbonyl (C=O) groups excluding carboxylic acids is 1. The summed E-state index contributed by atoms with van der Waals surface area (Å²) in [5.41, 5.74) is 4.17. The van der Waals surface area contributed by atoms with Crippen LogP contribution in [0.25, 0.3) is 0 Å². The van der Waals surface area contributed by atoms with Crippen LogP contribution in [0, 0.1) is 13.8 Å². The molecule has 0 spiro atoms. The number of rotatable bonds is 6. The van der Waals surface area contributed by atoms with Gasteiger partial charge in [-0.3, -0.25) is 14.6 Å². The van der Waals surface area contributed by atoms with Gasteiger partial charge in [0.15, 0.2) is 15.6 Å². The number of aryl methyl sites for hydroxylation is 1. The second-order valence-corrected chi connectivity index (χ2v) is 10.9. The van der Waals surface area contributed by atoms with Gasteiger partial charge in [0.05, 0.1) is 18.1 Å². The van der Waals surface area contributed by atoms with Crippen LogP contribution in [0.4, 0.5) is 0 Å². The first kappa shape index (κ1) is 21.3. The molecule has 7 heteroatoms. The summed E-state index contributed by atoms with van der Waals surface area (Å²) in [4.78, 5) is 17.5. The van der Waals surface area contributed by atoms with Crippen LogP contribution in [-0.4, -0.2) is 78.8 Å². The van der Waals surface area contributed by atoms with E-state index < -0.39 is 9.84 Å². The van der Waals surface area contributed by atoms with E-state index >= 15 is 0 Å². The van der Waals surface area contributed by atoms with E-state index in [1.165, 1.54) is 5.56 Å². The second kappa shape index (κ2) is 8.65. The van der Waals surface area contributed by atoms with Gasteiger partial charge in [-0.15, -0.1) is 0 Å². The molecule has 0 bridgehead atoms. The van der Waals surface area contributed by atoms with Crippen molar-refractivity contribution in [1.82, 2.24) is 14.4 Å². The summed E-state index contributed by atoms with van der Waals surface area (Å²) in [5.74, 6) is 0.771. The molecule has 0 amide bonds. The van der Waals surface area contributed by atoms with E-state index in [1.807, 2.05) is 31.2 Å². The fourth-order valence-electron chi connectivity index (χ4n) is 4.73. The van der Waals surface area contributed by atoms with Crippen LogP contribution in [-0.2, 0) is 16.4 Å². The lowest BCUT2D eigenvalue weighted by atomic mass is 10.1. The molecule has 0 radical (unpaired) electrons. The third-order valence-electron chi connectivity index (χ3n) is 6.56. The SMILES string of the molecule is Cc1cc(C(=O)CN2CCN([C@@H]3CCS(=O)(=O)C3)CC2)c(C)n1Cc1ccccc1. The third-order valence-corrected chi connectivity index (χ3v) is 8.31. The molecule has 2 aromatic rings. The molecule has 0 aliphatic carbocycles. The van der Waals surface area contributed by atoms with Crippen molar-refractivity contribution in [3.05, 3.63) is 58.9 Å². The number of sulfone groups is 1. The highest BCUT2D eigenvalue weighted by molar-refractivity contribution is 7.91. The molecule has 2 aliphatic heterocycles. The van der Waals surface area contributed by atoms with E-state index in [4.69, 9.17) is 0 Å². The molecule has 6 nitrogen and oxygen atoms in total. The van der Waals surface area contributed by atoms with Gasteiger partial charge in [-0.25, -0.2) is 8.42 Å². The molecular formula is C23H31N3O3S. The fourth-order valence-corrected chi connectivity index (χ4v) is 6.49. The van der Waals surface area contributed by atoms with Crippen LogP contribution in [0.15, 0.2) is 36.4 Å². The van der Waals surface area contributed by atoms with Crippen LogP contribution in [0.3, 0.4) is 0 Å². The molecule has 0 saturated carbocycles. The molecule has 0 N–H and O–H groups in total. The summed E-state index contributed by atoms with van der Waals surface area (Å²) >= 11 is 0. The summed E-state index contributed by atoms with van der Waals surface area (Å²) in [6, 6.07) is 12.5. The molecule has 3 heterocycles. The van der Waals surface area contributed by atoms with Crippen molar-refractivity contribution in [2.24, 2.45) is 0 Å². The number of nitrogens with zero attached hydrogens (tertiary/aromatic N) is 3.